The van der Waals surface area contributed by atoms with Gasteiger partial charge in [-0.15, -0.1) is 11.8 Å². The van der Waals surface area contributed by atoms with E-state index in [1.54, 1.807) is 16.7 Å². The van der Waals surface area contributed by atoms with Crippen molar-refractivity contribution >= 4 is 23.6 Å². The number of aliphatic carboxylic acids is 1. The molecule has 0 saturated carbocycles. The van der Waals surface area contributed by atoms with Crippen molar-refractivity contribution in [2.45, 2.75) is 23.3 Å². The third-order valence-electron chi connectivity index (χ3n) is 3.85. The van der Waals surface area contributed by atoms with Gasteiger partial charge in [0.15, 0.2) is 0 Å². The summed E-state index contributed by atoms with van der Waals surface area (Å²) < 4.78 is 5.42. The number of fused-ring (bicyclic) bond motifs is 1. The van der Waals surface area contributed by atoms with Gasteiger partial charge in [0.05, 0.1) is 25.0 Å². The highest BCUT2D eigenvalue weighted by Gasteiger charge is 2.34. The smallest absolute Gasteiger partial charge is 0.306 e. The van der Waals surface area contributed by atoms with Gasteiger partial charge < -0.3 is 14.7 Å². The van der Waals surface area contributed by atoms with Crippen molar-refractivity contribution < 1.29 is 19.4 Å². The first-order valence-electron chi connectivity index (χ1n) is 6.99. The third-order valence-corrected chi connectivity index (χ3v) is 5.03. The molecule has 1 amide bonds. The average molecular weight is 307 g/mol. The quantitative estimate of drug-likeness (QED) is 0.918. The summed E-state index contributed by atoms with van der Waals surface area (Å²) in [7, 11) is 0. The number of rotatable bonds is 3. The summed E-state index contributed by atoms with van der Waals surface area (Å²) in [6, 6.07) is 7.99. The topological polar surface area (TPSA) is 66.8 Å². The largest absolute Gasteiger partial charge is 0.481 e. The number of carboxylic acids is 1. The Hall–Kier alpha value is -1.53. The molecule has 3 rings (SSSR count). The van der Waals surface area contributed by atoms with E-state index in [9.17, 15) is 9.59 Å². The summed E-state index contributed by atoms with van der Waals surface area (Å²) in [5, 5.41) is 8.85. The van der Waals surface area contributed by atoms with Crippen LogP contribution < -0.4 is 0 Å². The second-order valence-corrected chi connectivity index (χ2v) is 6.34. The number of hydrogen-bond acceptors (Lipinski definition) is 4. The maximum atomic E-state index is 12.7. The van der Waals surface area contributed by atoms with Crippen molar-refractivity contribution in [2.24, 2.45) is 0 Å². The molecule has 112 valence electrons. The lowest BCUT2D eigenvalue weighted by molar-refractivity contribution is -0.148. The van der Waals surface area contributed by atoms with Gasteiger partial charge in [0.2, 0.25) is 5.91 Å². The minimum absolute atomic E-state index is 0.0558. The SMILES string of the molecule is O=C(O)C[C@@H]1CN(C(=O)[C@@H]2CSc3ccccc32)CCO1. The van der Waals surface area contributed by atoms with Crippen molar-refractivity contribution in [1.29, 1.82) is 0 Å². The fraction of sp³-hybridized carbons (Fsp3) is 0.467. The molecule has 1 fully saturated rings. The van der Waals surface area contributed by atoms with Crippen LogP contribution in [-0.4, -0.2) is 53.4 Å². The van der Waals surface area contributed by atoms with Crippen molar-refractivity contribution in [2.75, 3.05) is 25.4 Å². The molecule has 5 nitrogen and oxygen atoms in total. The highest BCUT2D eigenvalue weighted by molar-refractivity contribution is 7.99. The monoisotopic (exact) mass is 307 g/mol. The molecule has 21 heavy (non-hydrogen) atoms. The van der Waals surface area contributed by atoms with Gasteiger partial charge in [0.1, 0.15) is 0 Å². The zero-order valence-corrected chi connectivity index (χ0v) is 12.3. The van der Waals surface area contributed by atoms with E-state index in [1.165, 1.54) is 4.90 Å². The molecule has 2 atom stereocenters. The summed E-state index contributed by atoms with van der Waals surface area (Å²) in [6.07, 6.45) is -0.454. The van der Waals surface area contributed by atoms with Crippen LogP contribution in [0, 0.1) is 0 Å². The van der Waals surface area contributed by atoms with Crippen molar-refractivity contribution in [3.63, 3.8) is 0 Å². The molecule has 1 aromatic rings. The fourth-order valence-electron chi connectivity index (χ4n) is 2.83. The fourth-order valence-corrected chi connectivity index (χ4v) is 4.05. The standard InChI is InChI=1S/C15H17NO4S/c17-14(18)7-10-8-16(5-6-20-10)15(19)12-9-21-13-4-2-1-3-11(12)13/h1-4,10,12H,5-9H2,(H,17,18)/t10-,12-/m1/s1. The summed E-state index contributed by atoms with van der Waals surface area (Å²) in [5.41, 5.74) is 1.09. The molecule has 2 aliphatic rings. The normalized spacial score (nSPS) is 24.7. The number of hydrogen-bond donors (Lipinski definition) is 1. The molecular formula is C15H17NO4S. The zero-order chi connectivity index (χ0) is 14.8. The van der Waals surface area contributed by atoms with E-state index in [4.69, 9.17) is 9.84 Å². The number of ether oxygens (including phenoxy) is 1. The van der Waals surface area contributed by atoms with E-state index < -0.39 is 12.1 Å². The number of thioether (sulfide) groups is 1. The lowest BCUT2D eigenvalue weighted by Crippen LogP contribution is -2.48. The number of carbonyl (C=O) groups is 2. The average Bonchev–Trinajstić information content (AvgIpc) is 2.90. The Morgan fingerprint density at radius 1 is 1.38 bits per heavy atom. The van der Waals surface area contributed by atoms with E-state index in [0.717, 1.165) is 11.3 Å². The molecule has 1 saturated heterocycles. The summed E-state index contributed by atoms with van der Waals surface area (Å²) in [6.45, 7) is 1.32. The first-order chi connectivity index (χ1) is 10.1. The van der Waals surface area contributed by atoms with Crippen molar-refractivity contribution in [1.82, 2.24) is 4.90 Å². The first kappa shape index (κ1) is 14.4. The van der Waals surface area contributed by atoms with Crippen LogP contribution in [0.4, 0.5) is 0 Å². The van der Waals surface area contributed by atoms with E-state index in [1.807, 2.05) is 24.3 Å². The molecule has 1 aromatic carbocycles. The lowest BCUT2D eigenvalue weighted by Gasteiger charge is -2.34. The molecule has 0 unspecified atom stereocenters. The van der Waals surface area contributed by atoms with Gasteiger partial charge in [0.25, 0.3) is 0 Å². The summed E-state index contributed by atoms with van der Waals surface area (Å²) in [5.74, 6) is -0.156. The highest BCUT2D eigenvalue weighted by atomic mass is 32.2. The molecular weight excluding hydrogens is 290 g/mol. The minimum atomic E-state index is -0.893. The molecule has 1 N–H and O–H groups in total. The molecule has 2 aliphatic heterocycles. The highest BCUT2D eigenvalue weighted by Crippen LogP contribution is 2.40. The molecule has 0 aromatic heterocycles. The molecule has 0 spiro atoms. The number of carbonyl (C=O) groups excluding carboxylic acids is 1. The zero-order valence-electron chi connectivity index (χ0n) is 11.5. The molecule has 0 aliphatic carbocycles. The van der Waals surface area contributed by atoms with Gasteiger partial charge in [-0.3, -0.25) is 9.59 Å². The Labute approximate surface area is 127 Å². The molecule has 0 radical (unpaired) electrons. The molecule has 0 bridgehead atoms. The van der Waals surface area contributed by atoms with Gasteiger partial charge in [-0.25, -0.2) is 0 Å². The molecule has 6 heteroatoms. The minimum Gasteiger partial charge on any atom is -0.481 e. The number of morpholine rings is 1. The number of amides is 1. The Morgan fingerprint density at radius 2 is 2.19 bits per heavy atom. The van der Waals surface area contributed by atoms with Gasteiger partial charge >= 0.3 is 5.97 Å². The van der Waals surface area contributed by atoms with Crippen LogP contribution in [0.15, 0.2) is 29.2 Å². The Kier molecular flexibility index (Phi) is 4.17. The van der Waals surface area contributed by atoms with Crippen LogP contribution in [0.25, 0.3) is 0 Å². The number of nitrogens with zero attached hydrogens (tertiary/aromatic N) is 1. The summed E-state index contributed by atoms with van der Waals surface area (Å²) >= 11 is 1.71. The Balaban J connectivity index is 1.70. The number of carboxylic acid groups (broad SMARTS) is 1. The van der Waals surface area contributed by atoms with Crippen LogP contribution >= 0.6 is 11.8 Å². The second-order valence-electron chi connectivity index (χ2n) is 5.28. The van der Waals surface area contributed by atoms with Gasteiger partial charge in [-0.1, -0.05) is 18.2 Å². The van der Waals surface area contributed by atoms with E-state index in [-0.39, 0.29) is 18.2 Å². The Morgan fingerprint density at radius 3 is 3.00 bits per heavy atom. The maximum absolute atomic E-state index is 12.7. The predicted molar refractivity (Wildman–Crippen MR) is 78.5 cm³/mol. The van der Waals surface area contributed by atoms with E-state index >= 15 is 0 Å². The van der Waals surface area contributed by atoms with Crippen LogP contribution in [0.3, 0.4) is 0 Å². The van der Waals surface area contributed by atoms with Crippen molar-refractivity contribution in [3.05, 3.63) is 29.8 Å². The Bertz CT molecular complexity index is 562. The number of benzene rings is 1. The van der Waals surface area contributed by atoms with Crippen LogP contribution in [0.2, 0.25) is 0 Å². The first-order valence-corrected chi connectivity index (χ1v) is 7.97. The van der Waals surface area contributed by atoms with E-state index in [2.05, 4.69) is 0 Å². The van der Waals surface area contributed by atoms with Crippen molar-refractivity contribution in [3.8, 4) is 0 Å². The maximum Gasteiger partial charge on any atom is 0.306 e. The second kappa shape index (κ2) is 6.07. The van der Waals surface area contributed by atoms with Gasteiger partial charge in [-0.05, 0) is 11.6 Å². The van der Waals surface area contributed by atoms with E-state index in [0.29, 0.717) is 19.7 Å². The lowest BCUT2D eigenvalue weighted by atomic mass is 9.99. The van der Waals surface area contributed by atoms with Crippen LogP contribution in [0.1, 0.15) is 17.9 Å². The van der Waals surface area contributed by atoms with Gasteiger partial charge in [0, 0.05) is 23.7 Å². The predicted octanol–water partition coefficient (Wildman–Crippen LogP) is 1.58. The molecule has 2 heterocycles. The third kappa shape index (κ3) is 3.06. The summed E-state index contributed by atoms with van der Waals surface area (Å²) in [4.78, 5) is 26.4. The van der Waals surface area contributed by atoms with Gasteiger partial charge in [-0.2, -0.15) is 0 Å². The van der Waals surface area contributed by atoms with Crippen LogP contribution in [-0.2, 0) is 14.3 Å². The van der Waals surface area contributed by atoms with Crippen LogP contribution in [0.5, 0.6) is 0 Å².